The van der Waals surface area contributed by atoms with Crippen LogP contribution in [0.2, 0.25) is 0 Å². The molecule has 17 N–H and O–H groups in total. The predicted octanol–water partition coefficient (Wildman–Crippen LogP) is 1.27. The molecule has 150 heavy (non-hydrogen) atoms. The van der Waals surface area contributed by atoms with Crippen molar-refractivity contribution in [2.24, 2.45) is 0 Å². The zero-order valence-corrected chi connectivity index (χ0v) is 86.1. The summed E-state index contributed by atoms with van der Waals surface area (Å²) in [5, 5.41) is 11.9. The van der Waals surface area contributed by atoms with Crippen LogP contribution in [0.25, 0.3) is 44.7 Å². The number of aromatic nitrogens is 20. The number of nitrogens with zero attached hydrogens (tertiary/aromatic N) is 18. The third-order valence-corrected chi connectivity index (χ3v) is 30.7. The largest absolute Gasteiger partial charge is 0.472 e. The lowest BCUT2D eigenvalue weighted by molar-refractivity contribution is -0.0837. The summed E-state index contributed by atoms with van der Waals surface area (Å²) in [5.41, 5.74) is 27.6. The summed E-state index contributed by atoms with van der Waals surface area (Å²) < 4.78 is 212. The highest BCUT2D eigenvalue weighted by molar-refractivity contribution is 8.44. The molecule has 71 heteroatoms. The number of hydrogen-bond acceptors (Lipinski definition) is 53. The second kappa shape index (κ2) is 51.1. The maximum absolute atomic E-state index is 15.7. The van der Waals surface area contributed by atoms with E-state index in [2.05, 4.69) is 82.0 Å². The standard InChI is InChI=1S/C76H108N25O38P5S3.3CH4/c1-9-37-38(20-44(129-37)98-31-88-45-60(78)82-28-85-63(45)98)135-142(111,145)127-26-42-51(55(120-16-11-115-5)71(133-42)99-32-89-46-61(79)83-29-86-64(46)99)137-140(107,108)124-24-40-50(56(121-17-12-116-6)73(132-40)101-34-91-48-66(101)93-74(81)94-68(48)104)136-141(109,110)125-25-41-52(57(122-18-13-117-7)70(131-41)97-22-36(3)67(103)95-76(97)106)138-144(113,147)128-27-43-53(58(123-19-14-118-8)72(134-43)100-33-90-47-62(80)84-30-87-65(47)100)139-143(112,146)126-23-39-49(102)54(119-15-10-114-4)69(130-39)96-21-35(2)59(77)92-75(96)105;;;/h21-22,28-34,37-44,49-58,69-73,102H,9-20,23-27H2,1-8H3,(H,107,108)(H,109,110)(H,111,145)(H,112,146)(H,113,147)(H2,77,92,105)(H2,78,82,85)(H2,79,83,86)(H2,80,84,87)(H,95,103,106)(H3,81,93,94,104);3*1H4/t37-,38-,39-,40-,41-,42-,43-,44-,49+,50+,51+,52+,53+,54?,55?,56?,57?,58?,69-,70-,71-,72-,73-,142?,143?,144?;;;/m1.../s1. The van der Waals surface area contributed by atoms with E-state index < -0.39 is 252 Å². The molecule has 6 aliphatic rings. The third kappa shape index (κ3) is 26.9. The highest BCUT2D eigenvalue weighted by Gasteiger charge is 2.59. The van der Waals surface area contributed by atoms with Gasteiger partial charge in [0.1, 0.15) is 139 Å². The first-order chi connectivity index (χ1) is 70.2. The molecule has 28 atom stereocenters. The molecule has 10 unspecified atom stereocenters. The van der Waals surface area contributed by atoms with Gasteiger partial charge in [-0.3, -0.25) is 78.6 Å². The minimum atomic E-state index is -5.95. The molecule has 6 aliphatic heterocycles. The van der Waals surface area contributed by atoms with E-state index in [-0.39, 0.29) is 144 Å². The van der Waals surface area contributed by atoms with Crippen LogP contribution in [0.5, 0.6) is 0 Å². The Morgan fingerprint density at radius 1 is 0.407 bits per heavy atom. The Bertz CT molecular complexity index is 6790. The van der Waals surface area contributed by atoms with Gasteiger partial charge in [0.15, 0.2) is 76.7 Å². The number of nitrogen functional groups attached to an aromatic ring is 5. The fourth-order valence-electron chi connectivity index (χ4n) is 17.1. The van der Waals surface area contributed by atoms with E-state index in [0.717, 1.165) is 38.9 Å². The maximum Gasteiger partial charge on any atom is 0.472 e. The number of thiol groups is 1. The number of H-pyrrole nitrogens is 2. The fraction of sp³-hybridized carbons (Fsp3) is 0.646. The van der Waals surface area contributed by atoms with Crippen LogP contribution in [0.4, 0.5) is 29.2 Å². The van der Waals surface area contributed by atoms with Gasteiger partial charge in [0, 0.05) is 65.5 Å². The molecule has 6 fully saturated rings. The van der Waals surface area contributed by atoms with Crippen molar-refractivity contribution in [2.75, 3.05) is 163 Å². The summed E-state index contributed by atoms with van der Waals surface area (Å²) in [7, 11) is -4.97. The molecule has 832 valence electrons. The molecule has 0 spiro atoms. The number of nitrogens with one attached hydrogen (secondary N) is 2. The summed E-state index contributed by atoms with van der Waals surface area (Å²) in [6.07, 6.45) is -24.6. The van der Waals surface area contributed by atoms with Crippen molar-refractivity contribution in [2.45, 2.75) is 197 Å². The molecule has 16 rings (SSSR count). The van der Waals surface area contributed by atoms with Crippen molar-refractivity contribution >= 4 is 146 Å². The lowest BCUT2D eigenvalue weighted by Gasteiger charge is -2.30. The number of phosphoric acid groups is 2. The summed E-state index contributed by atoms with van der Waals surface area (Å²) >= 11 is 15.9. The van der Waals surface area contributed by atoms with Crippen LogP contribution in [0, 0.1) is 13.8 Å². The number of aliphatic hydroxyl groups is 1. The number of aryl methyl sites for hydroxylation is 2. The predicted molar refractivity (Wildman–Crippen MR) is 531 cm³/mol. The smallest absolute Gasteiger partial charge is 0.387 e. The van der Waals surface area contributed by atoms with E-state index in [0.29, 0.717) is 23.1 Å². The molecule has 0 bridgehead atoms. The van der Waals surface area contributed by atoms with Gasteiger partial charge in [-0.2, -0.15) is 9.97 Å². The van der Waals surface area contributed by atoms with Gasteiger partial charge in [-0.05, 0) is 43.9 Å². The molecule has 0 aromatic carbocycles. The van der Waals surface area contributed by atoms with Crippen molar-refractivity contribution in [3.05, 3.63) is 109 Å². The quantitative estimate of drug-likeness (QED) is 0.0145. The average molecular weight is 2280 g/mol. The number of rotatable bonds is 52. The Balaban J connectivity index is 0.00000625. The Kier molecular flexibility index (Phi) is 40.5. The Morgan fingerprint density at radius 2 is 0.780 bits per heavy atom. The Morgan fingerprint density at radius 3 is 1.24 bits per heavy atom. The second-order valence-corrected chi connectivity index (χ2v) is 44.7. The second-order valence-electron chi connectivity index (χ2n) is 33.5. The number of aliphatic hydroxyl groups excluding tert-OH is 1. The Labute approximate surface area is 867 Å². The molecular weight excluding hydrogens is 2160 g/mol. The van der Waals surface area contributed by atoms with Gasteiger partial charge in [0.25, 0.3) is 11.1 Å². The topological polar surface area (TPSA) is 807 Å². The number of phosphoric ester groups is 2. The first-order valence-electron chi connectivity index (χ1n) is 44.8. The van der Waals surface area contributed by atoms with E-state index >= 15 is 13.7 Å². The number of aromatic amines is 2. The maximum atomic E-state index is 15.7. The lowest BCUT2D eigenvalue weighted by Crippen LogP contribution is -2.41. The van der Waals surface area contributed by atoms with Crippen LogP contribution < -0.4 is 51.2 Å². The summed E-state index contributed by atoms with van der Waals surface area (Å²) in [4.78, 5) is 159. The normalized spacial score (nSPS) is 28.5. The summed E-state index contributed by atoms with van der Waals surface area (Å²) in [6.45, 7) is -16.7. The molecule has 0 saturated carbocycles. The first-order valence-corrected chi connectivity index (χ1v) is 55.7. The van der Waals surface area contributed by atoms with Gasteiger partial charge in [-0.15, -0.1) is 0 Å². The minimum Gasteiger partial charge on any atom is -0.387 e. The van der Waals surface area contributed by atoms with E-state index in [1.54, 1.807) is 11.5 Å². The molecule has 16 heterocycles. The first kappa shape index (κ1) is 119. The van der Waals surface area contributed by atoms with Crippen molar-refractivity contribution < 1.29 is 159 Å². The molecular formula is C79H120N25O38P5S3. The molecule has 10 aromatic heterocycles. The van der Waals surface area contributed by atoms with E-state index in [1.165, 1.54) is 83.1 Å². The van der Waals surface area contributed by atoms with Gasteiger partial charge in [-0.1, -0.05) is 41.5 Å². The molecule has 63 nitrogen and oxygen atoms in total. The van der Waals surface area contributed by atoms with Crippen molar-refractivity contribution in [3.63, 3.8) is 0 Å². The number of nitrogens with two attached hydrogens (primary N) is 5. The molecule has 0 amide bonds. The van der Waals surface area contributed by atoms with E-state index in [9.17, 15) is 43.9 Å². The van der Waals surface area contributed by atoms with Crippen LogP contribution in [-0.2, 0) is 158 Å². The molecule has 6 saturated heterocycles. The minimum absolute atomic E-state index is 0. The molecule has 0 aliphatic carbocycles. The SMILES string of the molecule is C.C.C.CC[C@H]1O[C@@H](n2cnc3c(N)ncnc32)C[C@H]1OP(O)(=S)OC[C@H]1O[C@@H](n2cnc3c(N)ncnc32)C(OCCOC)[C@H]1OP(=O)(O)OC[C@H]1O[C@@H](n2cnc3c(=O)[nH]c(N)nc32)C(OCCOC)[C@H]1OP(=O)(O)OC[C@H]1O[C@@H](n2cc(C)c(=O)[nH]c2=O)C(OCCOC)[C@H]1OP(=O)(S)OC[C@H]1O[C@@H](n2cnc3c(N)ncnc32)C(OCCOC)[C@H]1OP(O)(=S)OC[C@H]1O[C@@H](n2cc(C)c(N)nc2=O)C(OCCOC)[C@H]1O. The highest BCUT2D eigenvalue weighted by Crippen LogP contribution is 2.60. The van der Waals surface area contributed by atoms with Crippen LogP contribution in [0.3, 0.4) is 0 Å². The van der Waals surface area contributed by atoms with E-state index in [4.69, 9.17) is 173 Å². The van der Waals surface area contributed by atoms with Gasteiger partial charge >= 0.3 is 47.3 Å². The highest BCUT2D eigenvalue weighted by atomic mass is 32.7. The molecule has 10 aromatic rings. The van der Waals surface area contributed by atoms with Gasteiger partial charge < -0.3 is 143 Å². The van der Waals surface area contributed by atoms with Gasteiger partial charge in [-0.25, -0.2) is 73.1 Å². The van der Waals surface area contributed by atoms with Gasteiger partial charge in [0.05, 0.1) is 137 Å². The van der Waals surface area contributed by atoms with Crippen molar-refractivity contribution in [1.82, 2.24) is 97.2 Å². The number of hydrogen-bond donors (Lipinski definition) is 13. The average Bonchev–Trinajstić information content (AvgIpc) is 1.61. The third-order valence-electron chi connectivity index (χ3n) is 23.9. The fourth-order valence-corrected chi connectivity index (χ4v) is 23.4. The van der Waals surface area contributed by atoms with Crippen LogP contribution >= 0.6 is 48.1 Å². The zero-order chi connectivity index (χ0) is 105. The Hall–Kier alpha value is -8.34. The number of methoxy groups -OCH3 is 5. The summed E-state index contributed by atoms with van der Waals surface area (Å²) in [6, 6.07) is 0. The number of imidazole rings is 4. The number of ether oxygens (including phenoxy) is 16. The monoisotopic (exact) mass is 2280 g/mol. The van der Waals surface area contributed by atoms with E-state index in [1.807, 2.05) is 6.92 Å². The van der Waals surface area contributed by atoms with Crippen LogP contribution in [-0.4, -0.2) is 360 Å². The zero-order valence-electron chi connectivity index (χ0n) is 79.1. The van der Waals surface area contributed by atoms with Crippen LogP contribution in [0.1, 0.15) is 90.5 Å². The lowest BCUT2D eigenvalue weighted by atomic mass is 10.1. The van der Waals surface area contributed by atoms with Crippen molar-refractivity contribution in [3.8, 4) is 0 Å². The van der Waals surface area contributed by atoms with Crippen molar-refractivity contribution in [1.29, 1.82) is 0 Å². The van der Waals surface area contributed by atoms with Crippen LogP contribution in [0.15, 0.2) is 75.9 Å². The van der Waals surface area contributed by atoms with Gasteiger partial charge in [0.2, 0.25) is 5.95 Å². The number of anilines is 5. The molecule has 0 radical (unpaired) electrons. The number of fused-ring (bicyclic) bond motifs is 4. The summed E-state index contributed by atoms with van der Waals surface area (Å²) in [5.74, 6) is -0.520.